The lowest BCUT2D eigenvalue weighted by Crippen LogP contribution is -2.22. The molecule has 2 aromatic carbocycles. The van der Waals surface area contributed by atoms with Crippen LogP contribution in [0.25, 0.3) is 10.9 Å². The Hall–Kier alpha value is -2.50. The first-order valence-corrected chi connectivity index (χ1v) is 10.7. The van der Waals surface area contributed by atoms with Crippen LogP contribution in [0.2, 0.25) is 0 Å². The number of nitrogens with two attached hydrogens (primary N) is 1. The van der Waals surface area contributed by atoms with Crippen LogP contribution in [-0.2, 0) is 24.2 Å². The summed E-state index contributed by atoms with van der Waals surface area (Å²) in [7, 11) is 2.17. The van der Waals surface area contributed by atoms with E-state index in [0.717, 1.165) is 31.5 Å². The molecule has 1 unspecified atom stereocenters. The number of Topliss-reactive ketones (excluding diaryl/α,β-unsaturated/α-hetero) is 1. The van der Waals surface area contributed by atoms with Gasteiger partial charge in [0.25, 0.3) is 0 Å². The molecule has 2 heterocycles. The minimum absolute atomic E-state index is 0.0301. The second-order valence-corrected chi connectivity index (χ2v) is 8.56. The van der Waals surface area contributed by atoms with Crippen molar-refractivity contribution in [2.24, 2.45) is 5.73 Å². The molecule has 0 spiro atoms. The average Bonchev–Trinajstić information content (AvgIpc) is 2.87. The molecule has 30 heavy (non-hydrogen) atoms. The fraction of sp³-hybridized carbons (Fsp3) is 0.400. The first kappa shape index (κ1) is 20.8. The van der Waals surface area contributed by atoms with Gasteiger partial charge in [-0.15, -0.1) is 0 Å². The summed E-state index contributed by atoms with van der Waals surface area (Å²) in [6.07, 6.45) is 2.38. The van der Waals surface area contributed by atoms with Crippen LogP contribution in [0.3, 0.4) is 0 Å². The second-order valence-electron chi connectivity index (χ2n) is 8.56. The zero-order chi connectivity index (χ0) is 21.3. The Morgan fingerprint density at radius 3 is 2.60 bits per heavy atom. The van der Waals surface area contributed by atoms with E-state index in [4.69, 9.17) is 5.73 Å². The summed E-state index contributed by atoms with van der Waals surface area (Å²) in [5, 5.41) is 1.32. The van der Waals surface area contributed by atoms with Crippen LogP contribution in [0.15, 0.2) is 42.5 Å². The van der Waals surface area contributed by atoms with Crippen LogP contribution in [0.5, 0.6) is 0 Å². The van der Waals surface area contributed by atoms with Gasteiger partial charge in [0.2, 0.25) is 0 Å². The quantitative estimate of drug-likeness (QED) is 0.676. The predicted octanol–water partition coefficient (Wildman–Crippen LogP) is 3.82. The third-order valence-electron chi connectivity index (χ3n) is 6.36. The normalized spacial score (nSPS) is 15.7. The third-order valence-corrected chi connectivity index (χ3v) is 6.36. The van der Waals surface area contributed by atoms with Gasteiger partial charge in [-0.05, 0) is 55.8 Å². The van der Waals surface area contributed by atoms with E-state index >= 15 is 0 Å². The molecule has 3 aromatic rings. The number of hydrogen-bond donors (Lipinski definition) is 1. The Morgan fingerprint density at radius 2 is 1.87 bits per heavy atom. The lowest BCUT2D eigenvalue weighted by Gasteiger charge is -2.21. The van der Waals surface area contributed by atoms with Crippen LogP contribution in [-0.4, -0.2) is 41.9 Å². The smallest absolute Gasteiger partial charge is 0.147 e. The third kappa shape index (κ3) is 4.18. The van der Waals surface area contributed by atoms with E-state index in [0.29, 0.717) is 13.0 Å². The molecule has 1 aromatic heterocycles. The van der Waals surface area contributed by atoms with Crippen LogP contribution < -0.4 is 5.73 Å². The maximum absolute atomic E-state index is 13.5. The van der Waals surface area contributed by atoms with Gasteiger partial charge in [-0.3, -0.25) is 4.79 Å². The zero-order valence-electron chi connectivity index (χ0n) is 17.8. The number of rotatable bonds is 6. The van der Waals surface area contributed by atoms with Crippen LogP contribution in [0.4, 0.5) is 4.39 Å². The zero-order valence-corrected chi connectivity index (χ0v) is 17.8. The van der Waals surface area contributed by atoms with Gasteiger partial charge < -0.3 is 15.2 Å². The van der Waals surface area contributed by atoms with Gasteiger partial charge in [0.05, 0.1) is 6.54 Å². The van der Waals surface area contributed by atoms with Crippen molar-refractivity contribution in [2.45, 2.75) is 38.6 Å². The van der Waals surface area contributed by atoms with E-state index in [-0.39, 0.29) is 24.1 Å². The highest BCUT2D eigenvalue weighted by molar-refractivity contribution is 5.86. The summed E-state index contributed by atoms with van der Waals surface area (Å²) in [4.78, 5) is 14.6. The lowest BCUT2D eigenvalue weighted by molar-refractivity contribution is -0.118. The summed E-state index contributed by atoms with van der Waals surface area (Å²) in [6.45, 7) is 4.92. The Bertz CT molecular complexity index is 1050. The number of aromatic nitrogens is 1. The second kappa shape index (κ2) is 8.70. The van der Waals surface area contributed by atoms with Crippen molar-refractivity contribution >= 4 is 16.7 Å². The van der Waals surface area contributed by atoms with Crippen molar-refractivity contribution in [3.8, 4) is 0 Å². The number of likely N-dealkylation sites (N-methyl/N-ethyl adjacent to an activating group) is 1. The number of carbonyl (C=O) groups excluding carboxylic acids is 1. The fourth-order valence-electron chi connectivity index (χ4n) is 4.68. The highest BCUT2D eigenvalue weighted by Crippen LogP contribution is 2.33. The molecule has 0 saturated carbocycles. The van der Waals surface area contributed by atoms with Gasteiger partial charge in [-0.1, -0.05) is 23.8 Å². The van der Waals surface area contributed by atoms with E-state index in [1.54, 1.807) is 12.1 Å². The van der Waals surface area contributed by atoms with Gasteiger partial charge in [0.15, 0.2) is 0 Å². The molecule has 4 rings (SSSR count). The number of nitrogens with zero attached hydrogens (tertiary/aromatic N) is 2. The Morgan fingerprint density at radius 1 is 1.13 bits per heavy atom. The number of ketones is 1. The molecule has 2 N–H and O–H groups in total. The first-order chi connectivity index (χ1) is 14.5. The van der Waals surface area contributed by atoms with Gasteiger partial charge in [0, 0.05) is 55.0 Å². The maximum atomic E-state index is 13.5. The highest BCUT2D eigenvalue weighted by Gasteiger charge is 2.24. The van der Waals surface area contributed by atoms with Crippen LogP contribution in [0.1, 0.15) is 34.7 Å². The van der Waals surface area contributed by atoms with Gasteiger partial charge in [-0.25, -0.2) is 4.39 Å². The average molecular weight is 408 g/mol. The molecule has 1 atom stereocenters. The van der Waals surface area contributed by atoms with Crippen LogP contribution >= 0.6 is 0 Å². The minimum Gasteiger partial charge on any atom is -0.344 e. The van der Waals surface area contributed by atoms with E-state index in [2.05, 4.69) is 41.6 Å². The standard InChI is InChI=1S/C25H30FN3O/c1-17-3-8-24-23(13-17)22-9-11-28(2)12-10-25(22)29(24)16-19(14-21(30)15-27)18-4-6-20(26)7-5-18/h3-8,13,19H,9-12,14-16,27H2,1-2H3. The van der Waals surface area contributed by atoms with Crippen molar-refractivity contribution in [3.05, 3.63) is 70.7 Å². The number of benzene rings is 2. The molecular formula is C25H30FN3O. The molecule has 5 heteroatoms. The van der Waals surface area contributed by atoms with Crippen LogP contribution in [0, 0.1) is 12.7 Å². The molecule has 0 bridgehead atoms. The van der Waals surface area contributed by atoms with Crippen molar-refractivity contribution in [1.82, 2.24) is 9.47 Å². The van der Waals surface area contributed by atoms with E-state index in [1.165, 1.54) is 39.9 Å². The summed E-state index contributed by atoms with van der Waals surface area (Å²) in [6, 6.07) is 13.2. The number of hydrogen-bond acceptors (Lipinski definition) is 3. The molecule has 0 radical (unpaired) electrons. The highest BCUT2D eigenvalue weighted by atomic mass is 19.1. The Balaban J connectivity index is 1.80. The lowest BCUT2D eigenvalue weighted by atomic mass is 9.93. The van der Waals surface area contributed by atoms with E-state index in [9.17, 15) is 9.18 Å². The SMILES string of the molecule is Cc1ccc2c(c1)c1c(n2CC(CC(=O)CN)c2ccc(F)cc2)CCN(C)CC1. The van der Waals surface area contributed by atoms with E-state index in [1.807, 2.05) is 0 Å². The largest absolute Gasteiger partial charge is 0.344 e. The van der Waals surface area contributed by atoms with E-state index < -0.39 is 0 Å². The molecule has 0 amide bonds. The molecular weight excluding hydrogens is 377 g/mol. The van der Waals surface area contributed by atoms with Crippen molar-refractivity contribution in [2.75, 3.05) is 26.7 Å². The van der Waals surface area contributed by atoms with Crippen molar-refractivity contribution in [3.63, 3.8) is 0 Å². The van der Waals surface area contributed by atoms with Crippen molar-refractivity contribution < 1.29 is 9.18 Å². The van der Waals surface area contributed by atoms with Gasteiger partial charge in [0.1, 0.15) is 11.6 Å². The number of halogens is 1. The van der Waals surface area contributed by atoms with Crippen molar-refractivity contribution in [1.29, 1.82) is 0 Å². The summed E-state index contributed by atoms with van der Waals surface area (Å²) in [5.41, 5.74) is 11.9. The maximum Gasteiger partial charge on any atom is 0.147 e. The molecule has 4 nitrogen and oxygen atoms in total. The molecule has 1 aliphatic heterocycles. The molecule has 1 aliphatic rings. The summed E-state index contributed by atoms with van der Waals surface area (Å²) in [5.74, 6) is -0.271. The van der Waals surface area contributed by atoms with Gasteiger partial charge in [-0.2, -0.15) is 0 Å². The summed E-state index contributed by atoms with van der Waals surface area (Å²) < 4.78 is 15.9. The minimum atomic E-state index is -0.263. The summed E-state index contributed by atoms with van der Waals surface area (Å²) >= 11 is 0. The van der Waals surface area contributed by atoms with Gasteiger partial charge >= 0.3 is 0 Å². The first-order valence-electron chi connectivity index (χ1n) is 10.7. The molecule has 0 fully saturated rings. The number of aryl methyl sites for hydroxylation is 1. The monoisotopic (exact) mass is 407 g/mol. The topological polar surface area (TPSA) is 51.3 Å². The Labute approximate surface area is 177 Å². The molecule has 0 aliphatic carbocycles. The predicted molar refractivity (Wildman–Crippen MR) is 119 cm³/mol. The number of carbonyl (C=O) groups is 1. The molecule has 0 saturated heterocycles. The number of fused-ring (bicyclic) bond motifs is 3. The Kier molecular flexibility index (Phi) is 6.02. The molecule has 158 valence electrons. The fourth-order valence-corrected chi connectivity index (χ4v) is 4.68.